The molecule has 2 fully saturated rings. The summed E-state index contributed by atoms with van der Waals surface area (Å²) in [4.78, 5) is 0. The SMILES string of the molecule is COC1CCC(NC2CCOC2)CC1. The summed E-state index contributed by atoms with van der Waals surface area (Å²) in [7, 11) is 1.82. The van der Waals surface area contributed by atoms with E-state index in [1.807, 2.05) is 7.11 Å². The Morgan fingerprint density at radius 1 is 1.07 bits per heavy atom. The van der Waals surface area contributed by atoms with Crippen LogP contribution >= 0.6 is 0 Å². The fourth-order valence-corrected chi connectivity index (χ4v) is 2.46. The lowest BCUT2D eigenvalue weighted by molar-refractivity contribution is 0.0608. The third kappa shape index (κ3) is 2.69. The first kappa shape index (κ1) is 10.4. The van der Waals surface area contributed by atoms with Crippen molar-refractivity contribution >= 4 is 0 Å². The van der Waals surface area contributed by atoms with Crippen molar-refractivity contribution in [2.45, 2.75) is 50.3 Å². The third-order valence-electron chi connectivity index (χ3n) is 3.41. The number of ether oxygens (including phenoxy) is 2. The normalized spacial score (nSPS) is 38.8. The van der Waals surface area contributed by atoms with Gasteiger partial charge in [-0.1, -0.05) is 0 Å². The lowest BCUT2D eigenvalue weighted by atomic mass is 9.92. The number of rotatable bonds is 3. The van der Waals surface area contributed by atoms with E-state index in [-0.39, 0.29) is 0 Å². The third-order valence-corrected chi connectivity index (χ3v) is 3.41. The smallest absolute Gasteiger partial charge is 0.0620 e. The van der Waals surface area contributed by atoms with Gasteiger partial charge in [-0.3, -0.25) is 0 Å². The molecule has 0 aromatic heterocycles. The van der Waals surface area contributed by atoms with Crippen molar-refractivity contribution in [1.82, 2.24) is 5.32 Å². The van der Waals surface area contributed by atoms with Crippen molar-refractivity contribution in [3.05, 3.63) is 0 Å². The molecular weight excluding hydrogens is 178 g/mol. The first-order valence-corrected chi connectivity index (χ1v) is 5.75. The minimum atomic E-state index is 0.507. The van der Waals surface area contributed by atoms with Gasteiger partial charge < -0.3 is 14.8 Å². The van der Waals surface area contributed by atoms with Gasteiger partial charge in [0.05, 0.1) is 12.7 Å². The van der Waals surface area contributed by atoms with Crippen LogP contribution in [0.15, 0.2) is 0 Å². The predicted octanol–water partition coefficient (Wildman–Crippen LogP) is 1.32. The Labute approximate surface area is 86.2 Å². The fourth-order valence-electron chi connectivity index (χ4n) is 2.46. The largest absolute Gasteiger partial charge is 0.381 e. The Morgan fingerprint density at radius 2 is 1.86 bits per heavy atom. The molecule has 1 saturated carbocycles. The minimum absolute atomic E-state index is 0.507. The highest BCUT2D eigenvalue weighted by atomic mass is 16.5. The highest BCUT2D eigenvalue weighted by molar-refractivity contribution is 4.82. The van der Waals surface area contributed by atoms with Gasteiger partial charge in [0.1, 0.15) is 0 Å². The highest BCUT2D eigenvalue weighted by Gasteiger charge is 2.24. The van der Waals surface area contributed by atoms with E-state index in [1.165, 1.54) is 32.1 Å². The monoisotopic (exact) mass is 199 g/mol. The van der Waals surface area contributed by atoms with Crippen LogP contribution in [-0.2, 0) is 9.47 Å². The molecule has 0 radical (unpaired) electrons. The Kier molecular flexibility index (Phi) is 3.79. The van der Waals surface area contributed by atoms with Gasteiger partial charge in [-0.25, -0.2) is 0 Å². The maximum absolute atomic E-state index is 5.36. The second-order valence-electron chi connectivity index (χ2n) is 4.44. The van der Waals surface area contributed by atoms with Crippen molar-refractivity contribution in [3.63, 3.8) is 0 Å². The van der Waals surface area contributed by atoms with E-state index in [4.69, 9.17) is 9.47 Å². The molecule has 3 heteroatoms. The fraction of sp³-hybridized carbons (Fsp3) is 1.00. The summed E-state index contributed by atoms with van der Waals surface area (Å²) in [5.74, 6) is 0. The number of hydrogen-bond donors (Lipinski definition) is 1. The summed E-state index contributed by atoms with van der Waals surface area (Å²) in [6, 6.07) is 1.31. The molecular formula is C11H21NO2. The zero-order valence-corrected chi connectivity index (χ0v) is 9.00. The molecule has 14 heavy (non-hydrogen) atoms. The maximum atomic E-state index is 5.36. The Morgan fingerprint density at radius 3 is 2.43 bits per heavy atom. The Hall–Kier alpha value is -0.120. The summed E-state index contributed by atoms with van der Waals surface area (Å²) < 4.78 is 10.7. The van der Waals surface area contributed by atoms with E-state index < -0.39 is 0 Å². The predicted molar refractivity (Wildman–Crippen MR) is 55.4 cm³/mol. The second kappa shape index (κ2) is 5.10. The molecule has 1 aliphatic carbocycles. The summed E-state index contributed by atoms with van der Waals surface area (Å²) in [5, 5.41) is 3.68. The van der Waals surface area contributed by atoms with Gasteiger partial charge in [-0.15, -0.1) is 0 Å². The van der Waals surface area contributed by atoms with E-state index in [0.717, 1.165) is 13.2 Å². The van der Waals surface area contributed by atoms with E-state index in [2.05, 4.69) is 5.32 Å². The molecule has 0 aromatic carbocycles. The van der Waals surface area contributed by atoms with E-state index in [0.29, 0.717) is 18.2 Å². The summed E-state index contributed by atoms with van der Waals surface area (Å²) in [6.45, 7) is 1.84. The molecule has 1 heterocycles. The number of hydrogen-bond acceptors (Lipinski definition) is 3. The Balaban J connectivity index is 1.67. The zero-order chi connectivity index (χ0) is 9.80. The first-order chi connectivity index (χ1) is 6.88. The molecule has 1 unspecified atom stereocenters. The van der Waals surface area contributed by atoms with E-state index in [9.17, 15) is 0 Å². The van der Waals surface area contributed by atoms with Crippen LogP contribution in [0.1, 0.15) is 32.1 Å². The second-order valence-corrected chi connectivity index (χ2v) is 4.44. The zero-order valence-electron chi connectivity index (χ0n) is 9.00. The van der Waals surface area contributed by atoms with E-state index >= 15 is 0 Å². The molecule has 82 valence electrons. The minimum Gasteiger partial charge on any atom is -0.381 e. The highest BCUT2D eigenvalue weighted by Crippen LogP contribution is 2.21. The van der Waals surface area contributed by atoms with Crippen molar-refractivity contribution in [2.24, 2.45) is 0 Å². The quantitative estimate of drug-likeness (QED) is 0.743. The van der Waals surface area contributed by atoms with Crippen LogP contribution in [0.3, 0.4) is 0 Å². The molecule has 1 saturated heterocycles. The van der Waals surface area contributed by atoms with Crippen molar-refractivity contribution < 1.29 is 9.47 Å². The number of methoxy groups -OCH3 is 1. The van der Waals surface area contributed by atoms with E-state index in [1.54, 1.807) is 0 Å². The lowest BCUT2D eigenvalue weighted by Crippen LogP contribution is -2.41. The summed E-state index contributed by atoms with van der Waals surface area (Å²) in [6.07, 6.45) is 6.63. The van der Waals surface area contributed by atoms with Crippen LogP contribution in [0.25, 0.3) is 0 Å². The molecule has 0 amide bonds. The van der Waals surface area contributed by atoms with Crippen molar-refractivity contribution in [1.29, 1.82) is 0 Å². The van der Waals surface area contributed by atoms with Crippen LogP contribution in [0, 0.1) is 0 Å². The van der Waals surface area contributed by atoms with Gasteiger partial charge in [0.25, 0.3) is 0 Å². The van der Waals surface area contributed by atoms with Crippen molar-refractivity contribution in [3.8, 4) is 0 Å². The van der Waals surface area contributed by atoms with Gasteiger partial charge in [0.2, 0.25) is 0 Å². The summed E-state index contributed by atoms with van der Waals surface area (Å²) >= 11 is 0. The lowest BCUT2D eigenvalue weighted by Gasteiger charge is -2.30. The molecule has 2 rings (SSSR count). The molecule has 1 aliphatic heterocycles. The van der Waals surface area contributed by atoms with Crippen LogP contribution in [0.2, 0.25) is 0 Å². The standard InChI is InChI=1S/C11H21NO2/c1-13-11-4-2-9(3-5-11)12-10-6-7-14-8-10/h9-12H,2-8H2,1H3. The van der Waals surface area contributed by atoms with Crippen LogP contribution in [-0.4, -0.2) is 38.5 Å². The van der Waals surface area contributed by atoms with Gasteiger partial charge in [0.15, 0.2) is 0 Å². The summed E-state index contributed by atoms with van der Waals surface area (Å²) in [5.41, 5.74) is 0. The molecule has 1 N–H and O–H groups in total. The topological polar surface area (TPSA) is 30.5 Å². The molecule has 0 bridgehead atoms. The molecule has 3 nitrogen and oxygen atoms in total. The number of nitrogens with one attached hydrogen (secondary N) is 1. The van der Waals surface area contributed by atoms with Gasteiger partial charge in [-0.05, 0) is 32.1 Å². The van der Waals surface area contributed by atoms with Gasteiger partial charge in [0, 0.05) is 25.8 Å². The van der Waals surface area contributed by atoms with Gasteiger partial charge >= 0.3 is 0 Å². The van der Waals surface area contributed by atoms with Crippen LogP contribution < -0.4 is 5.32 Å². The molecule has 0 spiro atoms. The van der Waals surface area contributed by atoms with Crippen LogP contribution in [0.4, 0.5) is 0 Å². The molecule has 0 aromatic rings. The average molecular weight is 199 g/mol. The average Bonchev–Trinajstić information content (AvgIpc) is 2.72. The Bertz CT molecular complexity index is 161. The molecule has 2 aliphatic rings. The maximum Gasteiger partial charge on any atom is 0.0620 e. The van der Waals surface area contributed by atoms with Crippen molar-refractivity contribution in [2.75, 3.05) is 20.3 Å². The van der Waals surface area contributed by atoms with Crippen LogP contribution in [0.5, 0.6) is 0 Å². The van der Waals surface area contributed by atoms with Gasteiger partial charge in [-0.2, -0.15) is 0 Å². The molecule has 1 atom stereocenters. The first-order valence-electron chi connectivity index (χ1n) is 5.75.